The van der Waals surface area contributed by atoms with Gasteiger partial charge in [-0.2, -0.15) is 0 Å². The number of anilines is 2. The number of carbonyl (C=O) groups excluding carboxylic acids is 1. The zero-order valence-electron chi connectivity index (χ0n) is 21.3. The third-order valence-electron chi connectivity index (χ3n) is 8.17. The van der Waals surface area contributed by atoms with Crippen LogP contribution in [0.15, 0.2) is 54.7 Å². The summed E-state index contributed by atoms with van der Waals surface area (Å²) in [4.78, 5) is 27.7. The molecule has 2 aromatic carbocycles. The molecular weight excluding hydrogens is 467 g/mol. The van der Waals surface area contributed by atoms with Crippen LogP contribution in [0.3, 0.4) is 0 Å². The maximum atomic E-state index is 15.1. The fourth-order valence-electron chi connectivity index (χ4n) is 6.04. The first-order valence-electron chi connectivity index (χ1n) is 13.5. The van der Waals surface area contributed by atoms with E-state index in [1.54, 1.807) is 36.4 Å². The van der Waals surface area contributed by atoms with Gasteiger partial charge >= 0.3 is 0 Å². The monoisotopic (exact) mass is 500 g/mol. The number of nitrogens with zero attached hydrogens (tertiary/aromatic N) is 4. The molecule has 0 spiro atoms. The summed E-state index contributed by atoms with van der Waals surface area (Å²) in [6, 6.07) is 14.1. The third kappa shape index (κ3) is 4.79. The summed E-state index contributed by atoms with van der Waals surface area (Å²) < 4.78 is 20.5. The van der Waals surface area contributed by atoms with E-state index in [4.69, 9.17) is 9.72 Å². The minimum Gasteiger partial charge on any atom is -0.497 e. The van der Waals surface area contributed by atoms with Gasteiger partial charge in [0.25, 0.3) is 5.91 Å². The van der Waals surface area contributed by atoms with Gasteiger partial charge in [0.2, 0.25) is 5.95 Å². The smallest absolute Gasteiger partial charge is 0.262 e. The van der Waals surface area contributed by atoms with E-state index in [1.807, 2.05) is 24.3 Å². The number of carbonyl (C=O) groups is 1. The van der Waals surface area contributed by atoms with Crippen molar-refractivity contribution in [2.75, 3.05) is 30.0 Å². The van der Waals surface area contributed by atoms with Gasteiger partial charge in [0.1, 0.15) is 11.6 Å². The first-order chi connectivity index (χ1) is 18.1. The van der Waals surface area contributed by atoms with Crippen molar-refractivity contribution < 1.29 is 13.9 Å². The largest absolute Gasteiger partial charge is 0.497 e. The SMILES string of the molecule is COc1cccc(N(C(=O)c2cnc(N3CCC4CCCCC4C3)nc2-c2ccccc2F)C2CC2)c1. The Morgan fingerprint density at radius 3 is 2.62 bits per heavy atom. The van der Waals surface area contributed by atoms with Gasteiger partial charge in [-0.15, -0.1) is 0 Å². The van der Waals surface area contributed by atoms with Crippen molar-refractivity contribution in [3.8, 4) is 17.0 Å². The van der Waals surface area contributed by atoms with E-state index >= 15 is 4.39 Å². The van der Waals surface area contributed by atoms with Crippen LogP contribution in [0.1, 0.15) is 55.3 Å². The Morgan fingerprint density at radius 2 is 1.84 bits per heavy atom. The van der Waals surface area contributed by atoms with Crippen LogP contribution in [0.25, 0.3) is 11.3 Å². The van der Waals surface area contributed by atoms with E-state index in [-0.39, 0.29) is 11.9 Å². The number of fused-ring (bicyclic) bond motifs is 1. The van der Waals surface area contributed by atoms with E-state index in [0.717, 1.165) is 44.0 Å². The summed E-state index contributed by atoms with van der Waals surface area (Å²) in [5, 5.41) is 0. The minimum absolute atomic E-state index is 0.0954. The molecule has 2 saturated carbocycles. The molecule has 192 valence electrons. The van der Waals surface area contributed by atoms with Crippen LogP contribution in [0.5, 0.6) is 5.75 Å². The second-order valence-corrected chi connectivity index (χ2v) is 10.6. The molecule has 3 aromatic rings. The van der Waals surface area contributed by atoms with Gasteiger partial charge in [0.05, 0.1) is 18.4 Å². The Balaban J connectivity index is 1.39. The Labute approximate surface area is 217 Å². The van der Waals surface area contributed by atoms with E-state index < -0.39 is 5.82 Å². The molecule has 2 heterocycles. The molecule has 1 aromatic heterocycles. The topological polar surface area (TPSA) is 58.6 Å². The van der Waals surface area contributed by atoms with Gasteiger partial charge in [-0.3, -0.25) is 4.79 Å². The van der Waals surface area contributed by atoms with E-state index in [2.05, 4.69) is 9.88 Å². The molecule has 37 heavy (non-hydrogen) atoms. The highest BCUT2D eigenvalue weighted by atomic mass is 19.1. The molecule has 0 radical (unpaired) electrons. The number of aromatic nitrogens is 2. The summed E-state index contributed by atoms with van der Waals surface area (Å²) in [6.45, 7) is 1.82. The molecular formula is C30H33FN4O2. The van der Waals surface area contributed by atoms with Gasteiger partial charge in [-0.1, -0.05) is 37.5 Å². The first kappa shape index (κ1) is 23.9. The van der Waals surface area contributed by atoms with Crippen LogP contribution in [0.4, 0.5) is 16.0 Å². The van der Waals surface area contributed by atoms with Crippen LogP contribution in [-0.4, -0.2) is 42.1 Å². The zero-order valence-corrected chi connectivity index (χ0v) is 21.3. The summed E-state index contributed by atoms with van der Waals surface area (Å²) in [7, 11) is 1.61. The molecule has 0 N–H and O–H groups in total. The number of halogens is 1. The molecule has 2 unspecified atom stereocenters. The average molecular weight is 501 g/mol. The Hall–Kier alpha value is -3.48. The van der Waals surface area contributed by atoms with Crippen molar-refractivity contribution in [2.24, 2.45) is 11.8 Å². The standard InChI is InChI=1S/C30H33FN4O2/c1-37-24-10-6-9-23(17-24)35(22-13-14-22)29(36)26-18-32-30(33-28(26)25-11-4-5-12-27(25)31)34-16-15-20-7-2-3-8-21(20)19-34/h4-6,9-12,17-18,20-22H,2-3,7-8,13-16,19H2,1H3. The van der Waals surface area contributed by atoms with Crippen molar-refractivity contribution in [3.05, 3.63) is 66.1 Å². The predicted octanol–water partition coefficient (Wildman–Crippen LogP) is 6.12. The van der Waals surface area contributed by atoms with Gasteiger partial charge in [-0.25, -0.2) is 14.4 Å². The number of piperidine rings is 1. The van der Waals surface area contributed by atoms with Crippen LogP contribution >= 0.6 is 0 Å². The Kier molecular flexibility index (Phi) is 6.53. The van der Waals surface area contributed by atoms with Gasteiger partial charge in [0, 0.05) is 42.6 Å². The van der Waals surface area contributed by atoms with Crippen LogP contribution in [0, 0.1) is 17.7 Å². The molecule has 1 amide bonds. The second-order valence-electron chi connectivity index (χ2n) is 10.6. The highest BCUT2D eigenvalue weighted by Gasteiger charge is 2.37. The van der Waals surface area contributed by atoms with Crippen LogP contribution in [0.2, 0.25) is 0 Å². The number of hydrogen-bond donors (Lipinski definition) is 0. The molecule has 0 bridgehead atoms. The lowest BCUT2D eigenvalue weighted by atomic mass is 9.75. The number of benzene rings is 2. The molecule has 3 fully saturated rings. The maximum absolute atomic E-state index is 15.1. The van der Waals surface area contributed by atoms with E-state index in [1.165, 1.54) is 31.7 Å². The number of methoxy groups -OCH3 is 1. The molecule has 6 nitrogen and oxygen atoms in total. The quantitative estimate of drug-likeness (QED) is 0.408. The Bertz CT molecular complexity index is 1290. The fourth-order valence-corrected chi connectivity index (χ4v) is 6.04. The zero-order chi connectivity index (χ0) is 25.4. The molecule has 1 aliphatic heterocycles. The Morgan fingerprint density at radius 1 is 1.03 bits per heavy atom. The summed E-state index contributed by atoms with van der Waals surface area (Å²) in [5.41, 5.74) is 1.75. The molecule has 2 aliphatic carbocycles. The van der Waals surface area contributed by atoms with Crippen molar-refractivity contribution in [1.82, 2.24) is 9.97 Å². The molecule has 7 heteroatoms. The average Bonchev–Trinajstić information content (AvgIpc) is 3.78. The summed E-state index contributed by atoms with van der Waals surface area (Å²) in [5.74, 6) is 2.09. The minimum atomic E-state index is -0.397. The molecule has 3 aliphatic rings. The lowest BCUT2D eigenvalue weighted by Gasteiger charge is -2.41. The second kappa shape index (κ2) is 10.1. The van der Waals surface area contributed by atoms with Crippen molar-refractivity contribution in [1.29, 1.82) is 0 Å². The fraction of sp³-hybridized carbons (Fsp3) is 0.433. The highest BCUT2D eigenvalue weighted by molar-refractivity contribution is 6.10. The summed E-state index contributed by atoms with van der Waals surface area (Å²) in [6.07, 6.45) is 9.76. The van der Waals surface area contributed by atoms with Crippen LogP contribution < -0.4 is 14.5 Å². The predicted molar refractivity (Wildman–Crippen MR) is 143 cm³/mol. The lowest BCUT2D eigenvalue weighted by molar-refractivity contribution is 0.0985. The lowest BCUT2D eigenvalue weighted by Crippen LogP contribution is -2.42. The number of hydrogen-bond acceptors (Lipinski definition) is 5. The van der Waals surface area contributed by atoms with Gasteiger partial charge < -0.3 is 14.5 Å². The molecule has 2 atom stereocenters. The van der Waals surface area contributed by atoms with E-state index in [9.17, 15) is 4.79 Å². The maximum Gasteiger partial charge on any atom is 0.262 e. The molecule has 1 saturated heterocycles. The first-order valence-corrected chi connectivity index (χ1v) is 13.5. The normalized spacial score (nSPS) is 21.3. The summed E-state index contributed by atoms with van der Waals surface area (Å²) >= 11 is 0. The van der Waals surface area contributed by atoms with Crippen LogP contribution in [-0.2, 0) is 0 Å². The van der Waals surface area contributed by atoms with Gasteiger partial charge in [0.15, 0.2) is 0 Å². The highest BCUT2D eigenvalue weighted by Crippen LogP contribution is 2.39. The molecule has 6 rings (SSSR count). The van der Waals surface area contributed by atoms with Crippen molar-refractivity contribution >= 4 is 17.5 Å². The van der Waals surface area contributed by atoms with Crippen molar-refractivity contribution in [3.63, 3.8) is 0 Å². The van der Waals surface area contributed by atoms with Gasteiger partial charge in [-0.05, 0) is 61.8 Å². The van der Waals surface area contributed by atoms with E-state index in [0.29, 0.717) is 34.4 Å². The number of ether oxygens (including phenoxy) is 1. The third-order valence-corrected chi connectivity index (χ3v) is 8.17. The number of amides is 1. The van der Waals surface area contributed by atoms with Crippen molar-refractivity contribution in [2.45, 2.75) is 51.0 Å². The number of rotatable bonds is 6.